The molecule has 3 heteroatoms. The Morgan fingerprint density at radius 1 is 1.25 bits per heavy atom. The molecule has 20 heavy (non-hydrogen) atoms. The molecule has 1 fully saturated rings. The number of hydrogen-bond acceptors (Lipinski definition) is 2. The lowest BCUT2D eigenvalue weighted by molar-refractivity contribution is -0.122. The Kier molecular flexibility index (Phi) is 3.95. The second kappa shape index (κ2) is 6.04. The zero-order chi connectivity index (χ0) is 13.8. The molecule has 0 spiro atoms. The second-order valence-electron chi connectivity index (χ2n) is 5.66. The standard InChI is InChI=1S/C17H20N2O/c20-17(19-18-12-13-7-3-1-4-8-13)16-11-15(16)14-9-5-2-6-10-14/h1-3,5-6,9-10,12-13,15-16H,4,7-8,11H2,(H,19,20)/b18-12-/t13-,15+,16+/m0/s1. The highest BCUT2D eigenvalue weighted by Gasteiger charge is 2.43. The first-order chi connectivity index (χ1) is 9.84. The van der Waals surface area contributed by atoms with Gasteiger partial charge in [-0.3, -0.25) is 4.79 Å². The van der Waals surface area contributed by atoms with Crippen LogP contribution in [0.4, 0.5) is 0 Å². The maximum Gasteiger partial charge on any atom is 0.243 e. The molecular formula is C17H20N2O. The van der Waals surface area contributed by atoms with Crippen LogP contribution in [-0.4, -0.2) is 12.1 Å². The summed E-state index contributed by atoms with van der Waals surface area (Å²) in [5.74, 6) is 1.01. The molecule has 0 aliphatic heterocycles. The second-order valence-corrected chi connectivity index (χ2v) is 5.66. The van der Waals surface area contributed by atoms with Crippen molar-refractivity contribution in [3.63, 3.8) is 0 Å². The van der Waals surface area contributed by atoms with Gasteiger partial charge in [-0.1, -0.05) is 42.5 Å². The lowest BCUT2D eigenvalue weighted by Crippen LogP contribution is -2.21. The quantitative estimate of drug-likeness (QED) is 0.508. The number of nitrogens with one attached hydrogen (secondary N) is 1. The first kappa shape index (κ1) is 13.1. The molecule has 1 aromatic rings. The maximum absolute atomic E-state index is 12.0. The largest absolute Gasteiger partial charge is 0.273 e. The van der Waals surface area contributed by atoms with E-state index in [1.54, 1.807) is 0 Å². The molecule has 3 rings (SSSR count). The molecule has 2 aliphatic rings. The number of allylic oxidation sites excluding steroid dienone is 2. The molecule has 0 radical (unpaired) electrons. The zero-order valence-corrected chi connectivity index (χ0v) is 11.5. The normalized spacial score (nSPS) is 28.5. The predicted octanol–water partition coefficient (Wildman–Crippen LogP) is 3.25. The first-order valence-corrected chi connectivity index (χ1v) is 7.37. The Balaban J connectivity index is 1.47. The van der Waals surface area contributed by atoms with Gasteiger partial charge in [0.15, 0.2) is 0 Å². The van der Waals surface area contributed by atoms with Gasteiger partial charge in [-0.05, 0) is 43.1 Å². The molecule has 2 aliphatic carbocycles. The molecule has 3 nitrogen and oxygen atoms in total. The molecule has 1 aromatic carbocycles. The first-order valence-electron chi connectivity index (χ1n) is 7.37. The van der Waals surface area contributed by atoms with Crippen molar-refractivity contribution in [3.8, 4) is 0 Å². The lowest BCUT2D eigenvalue weighted by Gasteiger charge is -2.11. The van der Waals surface area contributed by atoms with E-state index in [0.29, 0.717) is 11.8 Å². The van der Waals surface area contributed by atoms with Gasteiger partial charge in [-0.2, -0.15) is 5.10 Å². The van der Waals surface area contributed by atoms with Gasteiger partial charge in [-0.15, -0.1) is 0 Å². The van der Waals surface area contributed by atoms with Gasteiger partial charge >= 0.3 is 0 Å². The highest BCUT2D eigenvalue weighted by molar-refractivity contribution is 5.83. The topological polar surface area (TPSA) is 41.5 Å². The van der Waals surface area contributed by atoms with E-state index < -0.39 is 0 Å². The van der Waals surface area contributed by atoms with E-state index in [4.69, 9.17) is 0 Å². The fourth-order valence-electron chi connectivity index (χ4n) is 2.80. The van der Waals surface area contributed by atoms with Gasteiger partial charge in [0.25, 0.3) is 0 Å². The zero-order valence-electron chi connectivity index (χ0n) is 11.5. The van der Waals surface area contributed by atoms with Gasteiger partial charge in [-0.25, -0.2) is 5.43 Å². The molecule has 0 saturated heterocycles. The summed E-state index contributed by atoms with van der Waals surface area (Å²) >= 11 is 0. The van der Waals surface area contributed by atoms with E-state index in [0.717, 1.165) is 25.7 Å². The van der Waals surface area contributed by atoms with Crippen LogP contribution in [0.2, 0.25) is 0 Å². The Labute approximate surface area is 119 Å². The Morgan fingerprint density at radius 3 is 2.85 bits per heavy atom. The van der Waals surface area contributed by atoms with Gasteiger partial charge in [0, 0.05) is 12.1 Å². The van der Waals surface area contributed by atoms with Crippen LogP contribution in [-0.2, 0) is 4.79 Å². The minimum absolute atomic E-state index is 0.0569. The van der Waals surface area contributed by atoms with Crippen molar-refractivity contribution in [2.24, 2.45) is 16.9 Å². The van der Waals surface area contributed by atoms with Crippen molar-refractivity contribution in [3.05, 3.63) is 48.0 Å². The highest BCUT2D eigenvalue weighted by Crippen LogP contribution is 2.47. The van der Waals surface area contributed by atoms with Crippen LogP contribution in [0, 0.1) is 11.8 Å². The fraction of sp³-hybridized carbons (Fsp3) is 0.412. The molecule has 1 amide bonds. The van der Waals surface area contributed by atoms with E-state index in [1.165, 1.54) is 5.56 Å². The van der Waals surface area contributed by atoms with E-state index >= 15 is 0 Å². The van der Waals surface area contributed by atoms with Crippen LogP contribution >= 0.6 is 0 Å². The van der Waals surface area contributed by atoms with Crippen molar-refractivity contribution >= 4 is 12.1 Å². The van der Waals surface area contributed by atoms with Crippen molar-refractivity contribution in [2.75, 3.05) is 0 Å². The molecular weight excluding hydrogens is 248 g/mol. The molecule has 0 bridgehead atoms. The molecule has 1 saturated carbocycles. The summed E-state index contributed by atoms with van der Waals surface area (Å²) in [5.41, 5.74) is 3.96. The number of benzene rings is 1. The maximum atomic E-state index is 12.0. The molecule has 104 valence electrons. The van der Waals surface area contributed by atoms with Gasteiger partial charge < -0.3 is 0 Å². The summed E-state index contributed by atoms with van der Waals surface area (Å²) in [4.78, 5) is 12.0. The van der Waals surface area contributed by atoms with Crippen molar-refractivity contribution in [2.45, 2.75) is 31.6 Å². The van der Waals surface area contributed by atoms with E-state index in [1.807, 2.05) is 24.4 Å². The number of hydrazone groups is 1. The minimum atomic E-state index is 0.0569. The summed E-state index contributed by atoms with van der Waals surface area (Å²) in [6.07, 6.45) is 10.5. The lowest BCUT2D eigenvalue weighted by atomic mass is 9.96. The van der Waals surface area contributed by atoms with Crippen LogP contribution in [0.25, 0.3) is 0 Å². The number of rotatable bonds is 4. The summed E-state index contributed by atoms with van der Waals surface area (Å²) < 4.78 is 0. The molecule has 0 aromatic heterocycles. The predicted molar refractivity (Wildman–Crippen MR) is 80.4 cm³/mol. The minimum Gasteiger partial charge on any atom is -0.273 e. The monoisotopic (exact) mass is 268 g/mol. The average Bonchev–Trinajstić information content (AvgIpc) is 3.30. The summed E-state index contributed by atoms with van der Waals surface area (Å²) in [7, 11) is 0. The number of amides is 1. The van der Waals surface area contributed by atoms with Gasteiger partial charge in [0.2, 0.25) is 5.91 Å². The highest BCUT2D eigenvalue weighted by atomic mass is 16.2. The van der Waals surface area contributed by atoms with Crippen LogP contribution < -0.4 is 5.43 Å². The third-order valence-electron chi connectivity index (χ3n) is 4.12. The van der Waals surface area contributed by atoms with Gasteiger partial charge in [0.05, 0.1) is 0 Å². The van der Waals surface area contributed by atoms with Gasteiger partial charge in [0.1, 0.15) is 0 Å². The SMILES string of the molecule is O=C(N/N=C\[C@H]1CC=CCC1)[C@@H]1C[C@@H]1c1ccccc1. The Bertz CT molecular complexity index is 521. The van der Waals surface area contributed by atoms with Crippen LogP contribution in [0.3, 0.4) is 0 Å². The molecule has 3 atom stereocenters. The third kappa shape index (κ3) is 3.16. The van der Waals surface area contributed by atoms with Crippen LogP contribution in [0.15, 0.2) is 47.6 Å². The number of carbonyl (C=O) groups excluding carboxylic acids is 1. The van der Waals surface area contributed by atoms with Crippen molar-refractivity contribution < 1.29 is 4.79 Å². The number of carbonyl (C=O) groups is 1. The third-order valence-corrected chi connectivity index (χ3v) is 4.12. The van der Waals surface area contributed by atoms with Crippen LogP contribution in [0.5, 0.6) is 0 Å². The van der Waals surface area contributed by atoms with Crippen molar-refractivity contribution in [1.29, 1.82) is 0 Å². The number of hydrogen-bond donors (Lipinski definition) is 1. The van der Waals surface area contributed by atoms with E-state index in [9.17, 15) is 4.79 Å². The average molecular weight is 268 g/mol. The van der Waals surface area contributed by atoms with E-state index in [2.05, 4.69) is 34.8 Å². The van der Waals surface area contributed by atoms with E-state index in [-0.39, 0.29) is 11.8 Å². The molecule has 1 N–H and O–H groups in total. The Hall–Kier alpha value is -1.90. The molecule has 0 heterocycles. The van der Waals surface area contributed by atoms with Crippen molar-refractivity contribution in [1.82, 2.24) is 5.43 Å². The van der Waals surface area contributed by atoms with Crippen LogP contribution in [0.1, 0.15) is 37.2 Å². The smallest absolute Gasteiger partial charge is 0.243 e. The summed E-state index contributed by atoms with van der Waals surface area (Å²) in [5, 5.41) is 4.13. The Morgan fingerprint density at radius 2 is 2.10 bits per heavy atom. The molecule has 0 unspecified atom stereocenters. The summed E-state index contributed by atoms with van der Waals surface area (Å²) in [6, 6.07) is 10.2. The summed E-state index contributed by atoms with van der Waals surface area (Å²) in [6.45, 7) is 0. The number of nitrogens with zero attached hydrogens (tertiary/aromatic N) is 1. The fourth-order valence-corrected chi connectivity index (χ4v) is 2.80.